The monoisotopic (exact) mass is 377 g/mol. The van der Waals surface area contributed by atoms with E-state index < -0.39 is 29.4 Å². The van der Waals surface area contributed by atoms with Crippen LogP contribution in [-0.4, -0.2) is 47.2 Å². The smallest absolute Gasteiger partial charge is 0.413 e. The third-order valence-electron chi connectivity index (χ3n) is 4.19. The molecule has 0 saturated carbocycles. The number of carbonyl (C=O) groups excluding carboxylic acids is 3. The quantitative estimate of drug-likeness (QED) is 0.560. The van der Waals surface area contributed by atoms with Crippen LogP contribution >= 0.6 is 0 Å². The highest BCUT2D eigenvalue weighted by molar-refractivity contribution is 5.75. The summed E-state index contributed by atoms with van der Waals surface area (Å²) in [5.74, 6) is -0.401. The van der Waals surface area contributed by atoms with Crippen LogP contribution in [0.5, 0.6) is 0 Å². The zero-order valence-electron chi connectivity index (χ0n) is 16.3. The minimum absolute atomic E-state index is 0.0498. The molecule has 0 aromatic heterocycles. The summed E-state index contributed by atoms with van der Waals surface area (Å²) in [6.07, 6.45) is 0.263. The van der Waals surface area contributed by atoms with E-state index in [0.717, 1.165) is 5.56 Å². The van der Waals surface area contributed by atoms with E-state index in [-0.39, 0.29) is 26.1 Å². The van der Waals surface area contributed by atoms with Crippen molar-refractivity contribution in [3.05, 3.63) is 35.9 Å². The van der Waals surface area contributed by atoms with Crippen molar-refractivity contribution in [2.24, 2.45) is 0 Å². The summed E-state index contributed by atoms with van der Waals surface area (Å²) in [6.45, 7) is 7.16. The molecule has 1 saturated heterocycles. The Morgan fingerprint density at radius 2 is 1.96 bits per heavy atom. The van der Waals surface area contributed by atoms with E-state index in [4.69, 9.17) is 14.2 Å². The molecule has 0 unspecified atom stereocenters. The first-order chi connectivity index (χ1) is 12.6. The Labute approximate surface area is 159 Å². The van der Waals surface area contributed by atoms with Crippen LogP contribution in [0.15, 0.2) is 30.3 Å². The number of esters is 1. The second-order valence-corrected chi connectivity index (χ2v) is 7.69. The van der Waals surface area contributed by atoms with Gasteiger partial charge < -0.3 is 19.0 Å². The average Bonchev–Trinajstić information content (AvgIpc) is 2.95. The number of aldehydes is 1. The first-order valence-corrected chi connectivity index (χ1v) is 8.96. The third kappa shape index (κ3) is 5.79. The zero-order valence-corrected chi connectivity index (χ0v) is 16.3. The van der Waals surface area contributed by atoms with Crippen molar-refractivity contribution in [1.29, 1.82) is 0 Å². The number of nitrogens with zero attached hydrogens (tertiary/aromatic N) is 1. The third-order valence-corrected chi connectivity index (χ3v) is 4.19. The predicted octanol–water partition coefficient (Wildman–Crippen LogP) is 3.06. The van der Waals surface area contributed by atoms with Crippen molar-refractivity contribution in [3.63, 3.8) is 0 Å². The van der Waals surface area contributed by atoms with Gasteiger partial charge in [-0.15, -0.1) is 0 Å². The number of carbonyl (C=O) groups is 3. The molecule has 2 rings (SSSR count). The van der Waals surface area contributed by atoms with Crippen LogP contribution in [-0.2, 0) is 30.4 Å². The topological polar surface area (TPSA) is 82.1 Å². The molecule has 0 spiro atoms. The van der Waals surface area contributed by atoms with Gasteiger partial charge >= 0.3 is 12.1 Å². The molecule has 1 aliphatic rings. The standard InChI is InChI=1S/C20H27NO6/c1-19(2,3)27-18(24)21-16(12-22)14-26-20(21,4)11-10-17(23)25-13-15-8-6-5-7-9-15/h5-9,12,16H,10-11,13-14H2,1-4H3/t16-,20+/m1/s1. The van der Waals surface area contributed by atoms with Gasteiger partial charge in [0.1, 0.15) is 30.3 Å². The van der Waals surface area contributed by atoms with E-state index in [1.165, 1.54) is 4.90 Å². The Kier molecular flexibility index (Phi) is 6.59. The molecule has 1 aromatic carbocycles. The summed E-state index contributed by atoms with van der Waals surface area (Å²) in [5.41, 5.74) is -0.923. The van der Waals surface area contributed by atoms with Crippen molar-refractivity contribution >= 4 is 18.3 Å². The molecule has 1 fully saturated rings. The highest BCUT2D eigenvalue weighted by Gasteiger charge is 2.48. The lowest BCUT2D eigenvalue weighted by Gasteiger charge is -2.36. The molecule has 1 aliphatic heterocycles. The lowest BCUT2D eigenvalue weighted by Crippen LogP contribution is -2.52. The molecule has 2 atom stereocenters. The summed E-state index contributed by atoms with van der Waals surface area (Å²) in [6, 6.07) is 8.62. The van der Waals surface area contributed by atoms with Crippen molar-refractivity contribution in [3.8, 4) is 0 Å². The molecule has 27 heavy (non-hydrogen) atoms. The molecule has 0 N–H and O–H groups in total. The van der Waals surface area contributed by atoms with Crippen LogP contribution in [0.2, 0.25) is 0 Å². The molecule has 148 valence electrons. The summed E-state index contributed by atoms with van der Waals surface area (Å²) < 4.78 is 16.3. The second kappa shape index (κ2) is 8.52. The Morgan fingerprint density at radius 3 is 2.56 bits per heavy atom. The van der Waals surface area contributed by atoms with Gasteiger partial charge in [0, 0.05) is 6.42 Å². The van der Waals surface area contributed by atoms with Crippen LogP contribution in [0, 0.1) is 0 Å². The van der Waals surface area contributed by atoms with Gasteiger partial charge in [-0.1, -0.05) is 30.3 Å². The first kappa shape index (κ1) is 20.9. The minimum atomic E-state index is -1.11. The molecule has 1 aromatic rings. The maximum absolute atomic E-state index is 12.5. The van der Waals surface area contributed by atoms with Crippen LogP contribution in [0.4, 0.5) is 4.79 Å². The molecule has 1 heterocycles. The fraction of sp³-hybridized carbons (Fsp3) is 0.550. The lowest BCUT2D eigenvalue weighted by atomic mass is 10.1. The maximum Gasteiger partial charge on any atom is 0.413 e. The maximum atomic E-state index is 12.5. The largest absolute Gasteiger partial charge is 0.461 e. The fourth-order valence-corrected chi connectivity index (χ4v) is 2.84. The number of hydrogen-bond acceptors (Lipinski definition) is 6. The fourth-order valence-electron chi connectivity index (χ4n) is 2.84. The Bertz CT molecular complexity index is 669. The Hall–Kier alpha value is -2.41. The number of rotatable bonds is 6. The van der Waals surface area contributed by atoms with Crippen molar-refractivity contribution in [1.82, 2.24) is 4.90 Å². The van der Waals surface area contributed by atoms with Gasteiger partial charge in [-0.2, -0.15) is 0 Å². The highest BCUT2D eigenvalue weighted by Crippen LogP contribution is 2.33. The highest BCUT2D eigenvalue weighted by atomic mass is 16.6. The first-order valence-electron chi connectivity index (χ1n) is 8.96. The molecule has 7 nitrogen and oxygen atoms in total. The van der Waals surface area contributed by atoms with Gasteiger partial charge in [0.15, 0.2) is 0 Å². The molecule has 0 radical (unpaired) electrons. The van der Waals surface area contributed by atoms with Gasteiger partial charge in [0.05, 0.1) is 13.0 Å². The molecular formula is C20H27NO6. The molecule has 0 aliphatic carbocycles. The van der Waals surface area contributed by atoms with Crippen LogP contribution in [0.25, 0.3) is 0 Å². The summed E-state index contributed by atoms with van der Waals surface area (Å²) in [7, 11) is 0. The lowest BCUT2D eigenvalue weighted by molar-refractivity contribution is -0.148. The summed E-state index contributed by atoms with van der Waals surface area (Å²) in [5, 5.41) is 0. The number of hydrogen-bond donors (Lipinski definition) is 0. The van der Waals surface area contributed by atoms with Crippen molar-refractivity contribution in [2.75, 3.05) is 6.61 Å². The molecule has 0 bridgehead atoms. The minimum Gasteiger partial charge on any atom is -0.461 e. The molecule has 7 heteroatoms. The Balaban J connectivity index is 1.96. The van der Waals surface area contributed by atoms with Crippen LogP contribution < -0.4 is 0 Å². The Morgan fingerprint density at radius 1 is 1.30 bits per heavy atom. The van der Waals surface area contributed by atoms with Gasteiger partial charge in [-0.05, 0) is 33.3 Å². The van der Waals surface area contributed by atoms with Gasteiger partial charge in [-0.3, -0.25) is 9.69 Å². The van der Waals surface area contributed by atoms with Crippen LogP contribution in [0.1, 0.15) is 46.1 Å². The summed E-state index contributed by atoms with van der Waals surface area (Å²) in [4.78, 5) is 37.3. The summed E-state index contributed by atoms with van der Waals surface area (Å²) >= 11 is 0. The van der Waals surface area contributed by atoms with E-state index in [9.17, 15) is 14.4 Å². The van der Waals surface area contributed by atoms with E-state index in [1.54, 1.807) is 27.7 Å². The molecular weight excluding hydrogens is 350 g/mol. The average molecular weight is 377 g/mol. The SMILES string of the molecule is CC(C)(C)OC(=O)N1[C@H](C=O)CO[C@@]1(C)CCC(=O)OCc1ccccc1. The van der Waals surface area contributed by atoms with Crippen molar-refractivity contribution in [2.45, 2.75) is 64.5 Å². The van der Waals surface area contributed by atoms with Crippen molar-refractivity contribution < 1.29 is 28.6 Å². The normalized spacial score (nSPS) is 22.4. The predicted molar refractivity (Wildman–Crippen MR) is 97.8 cm³/mol. The van der Waals surface area contributed by atoms with Gasteiger partial charge in [-0.25, -0.2) is 4.79 Å². The van der Waals surface area contributed by atoms with E-state index in [0.29, 0.717) is 6.29 Å². The number of amides is 1. The van der Waals surface area contributed by atoms with E-state index in [2.05, 4.69) is 0 Å². The van der Waals surface area contributed by atoms with E-state index in [1.807, 2.05) is 30.3 Å². The molecule has 1 amide bonds. The van der Waals surface area contributed by atoms with Gasteiger partial charge in [0.2, 0.25) is 0 Å². The second-order valence-electron chi connectivity index (χ2n) is 7.69. The number of benzene rings is 1. The van der Waals surface area contributed by atoms with Gasteiger partial charge in [0.25, 0.3) is 0 Å². The van der Waals surface area contributed by atoms with E-state index >= 15 is 0 Å². The van der Waals surface area contributed by atoms with Crippen LogP contribution in [0.3, 0.4) is 0 Å². The number of ether oxygens (including phenoxy) is 3. The zero-order chi connectivity index (χ0) is 20.1.